The van der Waals surface area contributed by atoms with Crippen LogP contribution in [0.5, 0.6) is 0 Å². The van der Waals surface area contributed by atoms with Crippen molar-refractivity contribution in [3.8, 4) is 0 Å². The minimum Gasteiger partial charge on any atom is -0.543 e. The van der Waals surface area contributed by atoms with Crippen molar-refractivity contribution in [2.24, 2.45) is 0 Å². The van der Waals surface area contributed by atoms with Crippen LogP contribution in [0.1, 0.15) is 16.1 Å². The number of non-ortho nitro benzene ring substituents is 1. The zero-order valence-corrected chi connectivity index (χ0v) is 18.4. The predicted octanol–water partition coefficient (Wildman–Crippen LogP) is 0.402. The van der Waals surface area contributed by atoms with Crippen LogP contribution in [0, 0.1) is 10.1 Å². The number of carboxylic acids is 1. The topological polar surface area (TPSA) is 128 Å². The Morgan fingerprint density at radius 2 is 1.79 bits per heavy atom. The molecule has 0 bridgehead atoms. The molecule has 0 spiro atoms. The number of carbonyl (C=O) groups is 2. The van der Waals surface area contributed by atoms with Gasteiger partial charge in [-0.2, -0.15) is 0 Å². The van der Waals surface area contributed by atoms with Crippen molar-refractivity contribution in [1.29, 1.82) is 0 Å². The average Bonchev–Trinajstić information content (AvgIpc) is 2.99. The second-order valence-electron chi connectivity index (χ2n) is 5.64. The Morgan fingerprint density at radius 3 is 2.38 bits per heavy atom. The number of aromatic carboxylic acids is 1. The largest absolute Gasteiger partial charge is 1.00 e. The number of benzene rings is 2. The molecule has 0 saturated heterocycles. The van der Waals surface area contributed by atoms with E-state index in [0.717, 1.165) is 6.08 Å². The zero-order valence-electron chi connectivity index (χ0n) is 14.9. The molecule has 0 radical (unpaired) electrons. The molecule has 0 saturated carbocycles. The summed E-state index contributed by atoms with van der Waals surface area (Å²) in [6, 6.07) is 8.20. The summed E-state index contributed by atoms with van der Waals surface area (Å²) in [5.41, 5.74) is 0.518. The molecule has 11 heteroatoms. The van der Waals surface area contributed by atoms with Gasteiger partial charge in [-0.1, -0.05) is 23.2 Å². The zero-order chi connectivity index (χ0) is 20.4. The molecule has 29 heavy (non-hydrogen) atoms. The molecule has 1 amide bonds. The van der Waals surface area contributed by atoms with Crippen LogP contribution in [-0.4, -0.2) is 21.8 Å². The number of H-pyrrole nitrogens is 1. The molecule has 3 rings (SSSR count). The number of nitrogens with zero attached hydrogens (tertiary/aromatic N) is 1. The number of rotatable bonds is 5. The van der Waals surface area contributed by atoms with Crippen molar-refractivity contribution in [3.05, 3.63) is 73.9 Å². The summed E-state index contributed by atoms with van der Waals surface area (Å²) in [6.07, 6.45) is 2.39. The fourth-order valence-corrected chi connectivity index (χ4v) is 3.21. The minimum atomic E-state index is -1.47. The fourth-order valence-electron chi connectivity index (χ4n) is 2.61. The number of nitro benzene ring substituents is 1. The van der Waals surface area contributed by atoms with Gasteiger partial charge in [-0.3, -0.25) is 14.9 Å². The van der Waals surface area contributed by atoms with Crippen molar-refractivity contribution >= 4 is 63.4 Å². The Hall–Kier alpha value is -2.36. The molecular formula is C18H10Cl2N3NaO5. The van der Waals surface area contributed by atoms with E-state index in [2.05, 4.69) is 10.3 Å². The number of nitrogens with one attached hydrogen (secondary N) is 2. The summed E-state index contributed by atoms with van der Waals surface area (Å²) in [7, 11) is 0. The summed E-state index contributed by atoms with van der Waals surface area (Å²) in [5, 5.41) is 25.5. The van der Waals surface area contributed by atoms with Gasteiger partial charge in [0.1, 0.15) is 0 Å². The Labute approximate surface area is 195 Å². The van der Waals surface area contributed by atoms with E-state index in [1.807, 2.05) is 0 Å². The van der Waals surface area contributed by atoms with Gasteiger partial charge in [-0.05, 0) is 30.3 Å². The van der Waals surface area contributed by atoms with E-state index in [1.165, 1.54) is 42.5 Å². The number of hydrogen-bond acceptors (Lipinski definition) is 5. The Morgan fingerprint density at radius 1 is 1.14 bits per heavy atom. The van der Waals surface area contributed by atoms with Crippen LogP contribution < -0.4 is 40.0 Å². The third kappa shape index (κ3) is 5.17. The smallest absolute Gasteiger partial charge is 0.543 e. The number of aromatic nitrogens is 1. The van der Waals surface area contributed by atoms with Crippen LogP contribution in [0.15, 0.2) is 42.5 Å². The molecule has 1 heterocycles. The molecule has 8 nitrogen and oxygen atoms in total. The van der Waals surface area contributed by atoms with Crippen LogP contribution in [0.3, 0.4) is 0 Å². The number of halogens is 2. The second-order valence-corrected chi connectivity index (χ2v) is 6.48. The molecule has 2 N–H and O–H groups in total. The predicted molar refractivity (Wildman–Crippen MR) is 103 cm³/mol. The van der Waals surface area contributed by atoms with Crippen LogP contribution in [0.2, 0.25) is 10.0 Å². The number of fused-ring (bicyclic) bond motifs is 1. The Kier molecular flexibility index (Phi) is 7.45. The molecule has 0 atom stereocenters. The monoisotopic (exact) mass is 441 g/mol. The van der Waals surface area contributed by atoms with Crippen LogP contribution in [-0.2, 0) is 4.79 Å². The van der Waals surface area contributed by atoms with E-state index in [1.54, 1.807) is 0 Å². The standard InChI is InChI=1S/C18H11Cl2N3O5.Na/c19-9-7-13(20)16-12(17(18(25)26)22-14(16)8-9)5-6-15(24)21-10-1-3-11(4-2-10)23(27)28;/h1-8,22H,(H,21,24)(H,25,26);/q;+1/p-1/b6-5+;. The molecular weight excluding hydrogens is 432 g/mol. The van der Waals surface area contributed by atoms with E-state index < -0.39 is 16.8 Å². The number of carbonyl (C=O) groups excluding carboxylic acids is 2. The average molecular weight is 442 g/mol. The van der Waals surface area contributed by atoms with Gasteiger partial charge in [0, 0.05) is 45.4 Å². The summed E-state index contributed by atoms with van der Waals surface area (Å²) < 4.78 is 0. The number of hydrogen-bond donors (Lipinski definition) is 2. The van der Waals surface area contributed by atoms with E-state index in [-0.39, 0.29) is 51.5 Å². The van der Waals surface area contributed by atoms with Gasteiger partial charge in [0.15, 0.2) is 0 Å². The first-order valence-corrected chi connectivity index (χ1v) is 8.47. The van der Waals surface area contributed by atoms with Crippen molar-refractivity contribution in [3.63, 3.8) is 0 Å². The van der Waals surface area contributed by atoms with E-state index in [4.69, 9.17) is 23.2 Å². The molecule has 2 aromatic carbocycles. The van der Waals surface area contributed by atoms with Crippen molar-refractivity contribution in [2.45, 2.75) is 0 Å². The molecule has 0 aliphatic rings. The number of aromatic amines is 1. The van der Waals surface area contributed by atoms with Gasteiger partial charge in [0.25, 0.3) is 5.69 Å². The first-order valence-electron chi connectivity index (χ1n) is 7.72. The van der Waals surface area contributed by atoms with Crippen molar-refractivity contribution < 1.29 is 49.2 Å². The quantitative estimate of drug-likeness (QED) is 0.256. The van der Waals surface area contributed by atoms with Gasteiger partial charge in [0.2, 0.25) is 5.91 Å². The third-order valence-electron chi connectivity index (χ3n) is 3.80. The summed E-state index contributed by atoms with van der Waals surface area (Å²) in [6.45, 7) is 0. The van der Waals surface area contributed by atoms with E-state index >= 15 is 0 Å². The van der Waals surface area contributed by atoms with Gasteiger partial charge in [-0.15, -0.1) is 0 Å². The molecule has 0 unspecified atom stereocenters. The first kappa shape index (κ1) is 22.9. The number of carboxylic acid groups (broad SMARTS) is 1. The first-order chi connectivity index (χ1) is 13.3. The molecule has 1 aromatic heterocycles. The maximum Gasteiger partial charge on any atom is 1.00 e. The SMILES string of the molecule is O=C(/C=C/c1c(C(=O)[O-])[nH]c2cc(Cl)cc(Cl)c12)Nc1ccc([N+](=O)[O-])cc1.[Na+]. The van der Waals surface area contributed by atoms with Crippen molar-refractivity contribution in [2.75, 3.05) is 5.32 Å². The van der Waals surface area contributed by atoms with E-state index in [0.29, 0.717) is 21.6 Å². The second kappa shape index (κ2) is 9.43. The molecule has 142 valence electrons. The summed E-state index contributed by atoms with van der Waals surface area (Å²) in [4.78, 5) is 36.3. The number of amides is 1. The number of anilines is 1. The molecule has 3 aromatic rings. The number of nitro groups is 1. The van der Waals surface area contributed by atoms with E-state index in [9.17, 15) is 24.8 Å². The van der Waals surface area contributed by atoms with Gasteiger partial charge < -0.3 is 20.2 Å². The summed E-state index contributed by atoms with van der Waals surface area (Å²) >= 11 is 12.1. The third-order valence-corrected chi connectivity index (χ3v) is 4.32. The van der Waals surface area contributed by atoms with Gasteiger partial charge in [0.05, 0.1) is 21.6 Å². The summed E-state index contributed by atoms with van der Waals surface area (Å²) in [5.74, 6) is -2.04. The van der Waals surface area contributed by atoms with Gasteiger partial charge >= 0.3 is 29.6 Å². The Bertz CT molecular complexity index is 1140. The van der Waals surface area contributed by atoms with Crippen molar-refractivity contribution in [1.82, 2.24) is 4.98 Å². The molecule has 0 aliphatic heterocycles. The maximum absolute atomic E-state index is 12.1. The van der Waals surface area contributed by atoms with Gasteiger partial charge in [-0.25, -0.2) is 0 Å². The fraction of sp³-hybridized carbons (Fsp3) is 0. The Balaban J connectivity index is 0.00000300. The van der Waals surface area contributed by atoms with Crippen LogP contribution in [0.4, 0.5) is 11.4 Å². The molecule has 0 aliphatic carbocycles. The minimum absolute atomic E-state index is 0. The maximum atomic E-state index is 12.1. The normalized spacial score (nSPS) is 10.7. The van der Waals surface area contributed by atoms with Crippen LogP contribution in [0.25, 0.3) is 17.0 Å². The molecule has 0 fully saturated rings. The van der Waals surface area contributed by atoms with Crippen LogP contribution >= 0.6 is 23.2 Å².